The van der Waals surface area contributed by atoms with Crippen LogP contribution < -0.4 is 5.73 Å². The van der Waals surface area contributed by atoms with E-state index in [1.807, 2.05) is 6.92 Å². The summed E-state index contributed by atoms with van der Waals surface area (Å²) >= 11 is 0. The first-order valence-electron chi connectivity index (χ1n) is 5.36. The van der Waals surface area contributed by atoms with Gasteiger partial charge in [-0.25, -0.2) is 9.78 Å². The molecule has 4 nitrogen and oxygen atoms in total. The molecule has 0 fully saturated rings. The van der Waals surface area contributed by atoms with Crippen LogP contribution in [0.4, 0.5) is 19.0 Å². The smallest absolute Gasteiger partial charge is 0.417 e. The van der Waals surface area contributed by atoms with Crippen molar-refractivity contribution < 1.29 is 22.7 Å². The van der Waals surface area contributed by atoms with Gasteiger partial charge in [0.05, 0.1) is 17.7 Å². The molecule has 1 aromatic heterocycles. The van der Waals surface area contributed by atoms with Crippen molar-refractivity contribution in [1.82, 2.24) is 4.98 Å². The van der Waals surface area contributed by atoms with E-state index in [2.05, 4.69) is 4.98 Å². The highest BCUT2D eigenvalue weighted by Crippen LogP contribution is 2.32. The van der Waals surface area contributed by atoms with Crippen molar-refractivity contribution in [3.63, 3.8) is 0 Å². The van der Waals surface area contributed by atoms with E-state index in [4.69, 9.17) is 10.5 Å². The van der Waals surface area contributed by atoms with Gasteiger partial charge in [0.25, 0.3) is 0 Å². The van der Waals surface area contributed by atoms with Gasteiger partial charge >= 0.3 is 12.1 Å². The van der Waals surface area contributed by atoms with Crippen molar-refractivity contribution in [3.8, 4) is 0 Å². The highest BCUT2D eigenvalue weighted by Gasteiger charge is 2.36. The molecule has 0 aliphatic heterocycles. The summed E-state index contributed by atoms with van der Waals surface area (Å²) in [6.45, 7) is 1.96. The number of hydrogen-bond acceptors (Lipinski definition) is 4. The number of hydrogen-bond donors (Lipinski definition) is 1. The van der Waals surface area contributed by atoms with Crippen LogP contribution >= 0.6 is 0 Å². The van der Waals surface area contributed by atoms with Crippen LogP contribution in [0.25, 0.3) is 0 Å². The molecule has 0 saturated carbocycles. The van der Waals surface area contributed by atoms with Gasteiger partial charge in [-0.15, -0.1) is 0 Å². The number of carbonyl (C=O) groups is 1. The van der Waals surface area contributed by atoms with Gasteiger partial charge < -0.3 is 10.5 Å². The molecule has 18 heavy (non-hydrogen) atoms. The number of aromatic nitrogens is 1. The summed E-state index contributed by atoms with van der Waals surface area (Å²) in [5, 5.41) is 0. The average Bonchev–Trinajstić information content (AvgIpc) is 2.28. The predicted molar refractivity (Wildman–Crippen MR) is 58.8 cm³/mol. The zero-order valence-corrected chi connectivity index (χ0v) is 9.75. The molecule has 0 bridgehead atoms. The molecule has 1 aromatic rings. The molecule has 1 heterocycles. The summed E-state index contributed by atoms with van der Waals surface area (Å²) < 4.78 is 42.8. The van der Waals surface area contributed by atoms with Gasteiger partial charge in [0.15, 0.2) is 0 Å². The molecule has 0 unspecified atom stereocenters. The minimum atomic E-state index is -4.67. The van der Waals surface area contributed by atoms with Gasteiger partial charge in [-0.05, 0) is 12.5 Å². The van der Waals surface area contributed by atoms with Crippen molar-refractivity contribution in [2.45, 2.75) is 25.9 Å². The first kappa shape index (κ1) is 14.3. The number of nitrogen functional groups attached to an aromatic ring is 1. The van der Waals surface area contributed by atoms with Crippen LogP contribution in [0, 0.1) is 0 Å². The van der Waals surface area contributed by atoms with Gasteiger partial charge in [0, 0.05) is 6.20 Å². The molecule has 100 valence electrons. The number of nitrogens with two attached hydrogens (primary N) is 1. The normalized spacial score (nSPS) is 11.3. The SMILES string of the molecule is CCCCOC(=O)c1cnc(N)cc1C(F)(F)F. The van der Waals surface area contributed by atoms with E-state index < -0.39 is 23.3 Å². The molecule has 2 N–H and O–H groups in total. The number of alkyl halides is 3. The summed E-state index contributed by atoms with van der Waals surface area (Å²) in [6.07, 6.45) is -2.52. The van der Waals surface area contributed by atoms with Crippen LogP contribution in [0.2, 0.25) is 0 Å². The van der Waals surface area contributed by atoms with E-state index >= 15 is 0 Å². The number of carbonyl (C=O) groups excluding carboxylic acids is 1. The number of rotatable bonds is 4. The molecular formula is C11H13F3N2O2. The Morgan fingerprint density at radius 2 is 2.17 bits per heavy atom. The van der Waals surface area contributed by atoms with E-state index in [0.717, 1.165) is 12.6 Å². The third-order valence-electron chi connectivity index (χ3n) is 2.18. The number of nitrogens with zero attached hydrogens (tertiary/aromatic N) is 1. The van der Waals surface area contributed by atoms with Gasteiger partial charge in [0.2, 0.25) is 0 Å². The molecule has 0 amide bonds. The first-order valence-corrected chi connectivity index (χ1v) is 5.36. The summed E-state index contributed by atoms with van der Waals surface area (Å²) in [6, 6.07) is 0.621. The lowest BCUT2D eigenvalue weighted by Gasteiger charge is -2.12. The maximum atomic E-state index is 12.7. The maximum Gasteiger partial charge on any atom is 0.417 e. The van der Waals surface area contributed by atoms with Gasteiger partial charge in [-0.2, -0.15) is 13.2 Å². The molecule has 7 heteroatoms. The Hall–Kier alpha value is -1.79. The van der Waals surface area contributed by atoms with E-state index in [9.17, 15) is 18.0 Å². The lowest BCUT2D eigenvalue weighted by molar-refractivity contribution is -0.138. The zero-order valence-electron chi connectivity index (χ0n) is 9.75. The lowest BCUT2D eigenvalue weighted by atomic mass is 10.1. The fourth-order valence-corrected chi connectivity index (χ4v) is 1.26. The summed E-state index contributed by atoms with van der Waals surface area (Å²) in [4.78, 5) is 15.0. The van der Waals surface area contributed by atoms with Crippen LogP contribution in [-0.2, 0) is 10.9 Å². The minimum absolute atomic E-state index is 0.0804. The lowest BCUT2D eigenvalue weighted by Crippen LogP contribution is -2.16. The van der Waals surface area contributed by atoms with Crippen LogP contribution in [0.3, 0.4) is 0 Å². The molecule has 0 saturated heterocycles. The number of ether oxygens (including phenoxy) is 1. The third kappa shape index (κ3) is 3.61. The van der Waals surface area contributed by atoms with Crippen molar-refractivity contribution in [1.29, 1.82) is 0 Å². The molecule has 0 radical (unpaired) electrons. The second kappa shape index (κ2) is 5.70. The Labute approximate surface area is 102 Å². The molecular weight excluding hydrogens is 249 g/mol. The monoisotopic (exact) mass is 262 g/mol. The molecule has 1 rings (SSSR count). The summed E-state index contributed by atoms with van der Waals surface area (Å²) in [5.74, 6) is -1.34. The minimum Gasteiger partial charge on any atom is -0.462 e. The molecule has 0 atom stereocenters. The number of anilines is 1. The maximum absolute atomic E-state index is 12.7. The second-order valence-corrected chi connectivity index (χ2v) is 3.64. The highest BCUT2D eigenvalue weighted by atomic mass is 19.4. The van der Waals surface area contributed by atoms with Crippen LogP contribution in [-0.4, -0.2) is 17.6 Å². The Bertz CT molecular complexity index is 433. The Kier molecular flexibility index (Phi) is 4.52. The Morgan fingerprint density at radius 3 is 2.72 bits per heavy atom. The van der Waals surface area contributed by atoms with E-state index in [-0.39, 0.29) is 12.4 Å². The largest absolute Gasteiger partial charge is 0.462 e. The van der Waals surface area contributed by atoms with Crippen LogP contribution in [0.5, 0.6) is 0 Å². The Balaban J connectivity index is 2.97. The van der Waals surface area contributed by atoms with Crippen molar-refractivity contribution >= 4 is 11.8 Å². The molecule has 0 aliphatic rings. The zero-order chi connectivity index (χ0) is 13.8. The number of unbranched alkanes of at least 4 members (excludes halogenated alkanes) is 1. The highest BCUT2D eigenvalue weighted by molar-refractivity contribution is 5.91. The Morgan fingerprint density at radius 1 is 1.50 bits per heavy atom. The molecule has 0 aliphatic carbocycles. The van der Waals surface area contributed by atoms with E-state index in [1.54, 1.807) is 0 Å². The predicted octanol–water partition coefficient (Wildman–Crippen LogP) is 2.64. The van der Waals surface area contributed by atoms with Crippen molar-refractivity contribution in [3.05, 3.63) is 23.4 Å². The summed E-state index contributed by atoms with van der Waals surface area (Å²) in [5.41, 5.74) is 3.44. The van der Waals surface area contributed by atoms with Crippen molar-refractivity contribution in [2.75, 3.05) is 12.3 Å². The van der Waals surface area contributed by atoms with E-state index in [0.29, 0.717) is 12.5 Å². The topological polar surface area (TPSA) is 65.2 Å². The number of esters is 1. The van der Waals surface area contributed by atoms with Crippen molar-refractivity contribution in [2.24, 2.45) is 0 Å². The molecule has 0 spiro atoms. The van der Waals surface area contributed by atoms with Gasteiger partial charge in [-0.3, -0.25) is 0 Å². The van der Waals surface area contributed by atoms with Gasteiger partial charge in [0.1, 0.15) is 5.82 Å². The van der Waals surface area contributed by atoms with Crippen LogP contribution in [0.1, 0.15) is 35.7 Å². The standard InChI is InChI=1S/C11H13F3N2O2/c1-2-3-4-18-10(17)7-6-16-9(15)5-8(7)11(12,13)14/h5-6H,2-4H2,1H3,(H2,15,16). The van der Waals surface area contributed by atoms with Gasteiger partial charge in [-0.1, -0.05) is 13.3 Å². The number of pyridine rings is 1. The third-order valence-corrected chi connectivity index (χ3v) is 2.18. The fraction of sp³-hybridized carbons (Fsp3) is 0.455. The van der Waals surface area contributed by atoms with Crippen LogP contribution in [0.15, 0.2) is 12.3 Å². The van der Waals surface area contributed by atoms with E-state index in [1.165, 1.54) is 0 Å². The summed E-state index contributed by atoms with van der Waals surface area (Å²) in [7, 11) is 0. The second-order valence-electron chi connectivity index (χ2n) is 3.64. The molecule has 0 aromatic carbocycles. The average molecular weight is 262 g/mol. The quantitative estimate of drug-likeness (QED) is 0.669. The first-order chi connectivity index (χ1) is 8.36. The number of halogens is 3. The fourth-order valence-electron chi connectivity index (χ4n) is 1.26.